The molecule has 0 spiro atoms. The fourth-order valence-electron chi connectivity index (χ4n) is 1.35. The van der Waals surface area contributed by atoms with E-state index >= 15 is 0 Å². The summed E-state index contributed by atoms with van der Waals surface area (Å²) in [5, 5.41) is 15.4. The number of nitrogens with zero attached hydrogens (tertiary/aromatic N) is 2. The van der Waals surface area contributed by atoms with Gasteiger partial charge in [0.15, 0.2) is 0 Å². The molecule has 0 aromatic carbocycles. The Morgan fingerprint density at radius 2 is 2.12 bits per heavy atom. The molecule has 0 unspecified atom stereocenters. The number of aromatic nitrogens is 1. The van der Waals surface area contributed by atoms with E-state index in [-0.39, 0.29) is 11.0 Å². The second kappa shape index (κ2) is 4.94. The van der Waals surface area contributed by atoms with Gasteiger partial charge in [-0.2, -0.15) is 5.26 Å². The molecule has 1 aromatic rings. The zero-order chi connectivity index (χ0) is 12.2. The predicted octanol–water partition coefficient (Wildman–Crippen LogP) is 2.91. The van der Waals surface area contributed by atoms with Crippen LogP contribution in [-0.4, -0.2) is 11.5 Å². The van der Waals surface area contributed by atoms with Crippen LogP contribution in [0.5, 0.6) is 0 Å². The topological polar surface area (TPSA) is 48.7 Å². The highest BCUT2D eigenvalue weighted by molar-refractivity contribution is 7.09. The highest BCUT2D eigenvalue weighted by Gasteiger charge is 2.24. The molecule has 3 nitrogen and oxygen atoms in total. The van der Waals surface area contributed by atoms with Gasteiger partial charge in [-0.1, -0.05) is 0 Å². The first-order valence-electron chi connectivity index (χ1n) is 5.44. The van der Waals surface area contributed by atoms with Crippen LogP contribution in [0, 0.1) is 16.7 Å². The monoisotopic (exact) mass is 237 g/mol. The summed E-state index contributed by atoms with van der Waals surface area (Å²) >= 11 is 1.65. The molecular formula is C12H19N3S. The van der Waals surface area contributed by atoms with E-state index in [1.165, 1.54) is 0 Å². The van der Waals surface area contributed by atoms with Gasteiger partial charge in [0.1, 0.15) is 5.01 Å². The zero-order valence-electron chi connectivity index (χ0n) is 10.4. The summed E-state index contributed by atoms with van der Waals surface area (Å²) in [7, 11) is 0. The Bertz CT molecular complexity index is 360. The summed E-state index contributed by atoms with van der Waals surface area (Å²) in [6, 6.07) is 2.31. The van der Waals surface area contributed by atoms with Gasteiger partial charge in [-0.05, 0) is 40.7 Å². The van der Waals surface area contributed by atoms with E-state index in [0.29, 0.717) is 0 Å². The number of thiazole rings is 1. The van der Waals surface area contributed by atoms with E-state index in [1.807, 2.05) is 25.4 Å². The number of nitriles is 1. The van der Waals surface area contributed by atoms with Crippen LogP contribution < -0.4 is 5.32 Å². The van der Waals surface area contributed by atoms with Crippen molar-refractivity contribution in [3.05, 3.63) is 16.6 Å². The van der Waals surface area contributed by atoms with Crippen LogP contribution in [0.4, 0.5) is 0 Å². The van der Waals surface area contributed by atoms with Gasteiger partial charge in [0.05, 0.1) is 17.0 Å². The van der Waals surface area contributed by atoms with Crippen molar-refractivity contribution in [1.29, 1.82) is 5.26 Å². The molecule has 1 aromatic heterocycles. The maximum atomic E-state index is 8.92. The lowest BCUT2D eigenvalue weighted by Crippen LogP contribution is -2.38. The van der Waals surface area contributed by atoms with Crippen LogP contribution in [0.3, 0.4) is 0 Å². The van der Waals surface area contributed by atoms with E-state index in [4.69, 9.17) is 5.26 Å². The first-order chi connectivity index (χ1) is 7.37. The molecule has 88 valence electrons. The van der Waals surface area contributed by atoms with Crippen molar-refractivity contribution in [2.45, 2.75) is 39.7 Å². The van der Waals surface area contributed by atoms with Crippen molar-refractivity contribution in [3.8, 4) is 6.07 Å². The Morgan fingerprint density at radius 3 is 2.62 bits per heavy atom. The fourth-order valence-corrected chi connectivity index (χ4v) is 2.09. The van der Waals surface area contributed by atoms with Crippen LogP contribution in [0.25, 0.3) is 0 Å². The SMILES string of the molecule is CC(C)(C#N)CCNC(C)(C)c1nccs1. The van der Waals surface area contributed by atoms with Crippen LogP contribution in [0.1, 0.15) is 39.1 Å². The largest absolute Gasteiger partial charge is 0.306 e. The summed E-state index contributed by atoms with van der Waals surface area (Å²) in [4.78, 5) is 4.31. The van der Waals surface area contributed by atoms with Gasteiger partial charge in [-0.3, -0.25) is 0 Å². The molecule has 4 heteroatoms. The Kier molecular flexibility index (Phi) is 4.06. The smallest absolute Gasteiger partial charge is 0.112 e. The second-order valence-electron chi connectivity index (χ2n) is 5.13. The third-order valence-corrected chi connectivity index (χ3v) is 3.68. The lowest BCUT2D eigenvalue weighted by molar-refractivity contribution is 0.353. The Morgan fingerprint density at radius 1 is 1.44 bits per heavy atom. The summed E-state index contributed by atoms with van der Waals surface area (Å²) in [6.45, 7) is 8.99. The molecule has 0 aliphatic carbocycles. The number of hydrogen-bond acceptors (Lipinski definition) is 4. The van der Waals surface area contributed by atoms with Gasteiger partial charge < -0.3 is 5.32 Å². The minimum Gasteiger partial charge on any atom is -0.306 e. The van der Waals surface area contributed by atoms with Crippen LogP contribution in [0.15, 0.2) is 11.6 Å². The molecule has 0 amide bonds. The lowest BCUT2D eigenvalue weighted by Gasteiger charge is -2.25. The Labute approximate surface area is 102 Å². The maximum Gasteiger partial charge on any atom is 0.112 e. The molecule has 1 N–H and O–H groups in total. The standard InChI is InChI=1S/C12H19N3S/c1-11(2,9-13)5-6-15-12(3,4)10-14-7-8-16-10/h7-8,15H,5-6H2,1-4H3. The van der Waals surface area contributed by atoms with E-state index in [1.54, 1.807) is 11.3 Å². The van der Waals surface area contributed by atoms with Crippen molar-refractivity contribution in [2.24, 2.45) is 5.41 Å². The Hall–Kier alpha value is -0.920. The first-order valence-corrected chi connectivity index (χ1v) is 6.32. The molecule has 0 bridgehead atoms. The lowest BCUT2D eigenvalue weighted by atomic mass is 9.91. The molecular weight excluding hydrogens is 218 g/mol. The molecule has 16 heavy (non-hydrogen) atoms. The number of nitrogens with one attached hydrogen (secondary N) is 1. The van der Waals surface area contributed by atoms with Gasteiger partial charge >= 0.3 is 0 Å². The van der Waals surface area contributed by atoms with Gasteiger partial charge in [0.25, 0.3) is 0 Å². The molecule has 0 fully saturated rings. The fraction of sp³-hybridized carbons (Fsp3) is 0.667. The summed E-state index contributed by atoms with van der Waals surface area (Å²) in [6.07, 6.45) is 2.67. The van der Waals surface area contributed by atoms with E-state index in [2.05, 4.69) is 30.2 Å². The van der Waals surface area contributed by atoms with Crippen molar-refractivity contribution < 1.29 is 0 Å². The van der Waals surface area contributed by atoms with Gasteiger partial charge in [-0.25, -0.2) is 4.98 Å². The van der Waals surface area contributed by atoms with E-state index in [9.17, 15) is 0 Å². The predicted molar refractivity (Wildman–Crippen MR) is 67.2 cm³/mol. The minimum absolute atomic E-state index is 0.111. The average Bonchev–Trinajstić information content (AvgIpc) is 2.70. The summed E-state index contributed by atoms with van der Waals surface area (Å²) in [5.41, 5.74) is -0.369. The van der Waals surface area contributed by atoms with Crippen LogP contribution >= 0.6 is 11.3 Å². The molecule has 0 radical (unpaired) electrons. The van der Waals surface area contributed by atoms with Gasteiger partial charge in [-0.15, -0.1) is 11.3 Å². The summed E-state index contributed by atoms with van der Waals surface area (Å²) in [5.74, 6) is 0. The normalized spacial score (nSPS) is 12.4. The zero-order valence-corrected chi connectivity index (χ0v) is 11.2. The molecule has 1 heterocycles. The molecule has 0 saturated heterocycles. The number of rotatable bonds is 5. The van der Waals surface area contributed by atoms with Crippen molar-refractivity contribution in [1.82, 2.24) is 10.3 Å². The second-order valence-corrected chi connectivity index (χ2v) is 6.03. The van der Waals surface area contributed by atoms with Crippen LogP contribution in [-0.2, 0) is 5.54 Å². The Balaban J connectivity index is 2.47. The van der Waals surface area contributed by atoms with Gasteiger partial charge in [0.2, 0.25) is 0 Å². The van der Waals surface area contributed by atoms with E-state index < -0.39 is 0 Å². The molecule has 0 saturated carbocycles. The molecule has 0 atom stereocenters. The maximum absolute atomic E-state index is 8.92. The summed E-state index contributed by atoms with van der Waals surface area (Å²) < 4.78 is 0. The quantitative estimate of drug-likeness (QED) is 0.856. The molecule has 0 aliphatic rings. The number of hydrogen-bond donors (Lipinski definition) is 1. The molecule has 0 aliphatic heterocycles. The highest BCUT2D eigenvalue weighted by atomic mass is 32.1. The van der Waals surface area contributed by atoms with Crippen molar-refractivity contribution in [2.75, 3.05) is 6.54 Å². The van der Waals surface area contributed by atoms with Crippen molar-refractivity contribution in [3.63, 3.8) is 0 Å². The molecule has 1 rings (SSSR count). The average molecular weight is 237 g/mol. The highest BCUT2D eigenvalue weighted by Crippen LogP contribution is 2.23. The van der Waals surface area contributed by atoms with Gasteiger partial charge in [0, 0.05) is 11.6 Å². The third-order valence-electron chi connectivity index (χ3n) is 2.59. The van der Waals surface area contributed by atoms with E-state index in [0.717, 1.165) is 18.0 Å². The van der Waals surface area contributed by atoms with Crippen LogP contribution in [0.2, 0.25) is 0 Å². The minimum atomic E-state index is -0.258. The van der Waals surface area contributed by atoms with Crippen molar-refractivity contribution >= 4 is 11.3 Å². The first kappa shape index (κ1) is 13.1. The third kappa shape index (κ3) is 3.58.